The minimum Gasteiger partial charge on any atom is -0.355 e. The summed E-state index contributed by atoms with van der Waals surface area (Å²) in [7, 11) is 1.75. The van der Waals surface area contributed by atoms with Gasteiger partial charge in [-0.2, -0.15) is 0 Å². The third-order valence-electron chi connectivity index (χ3n) is 3.69. The Bertz CT molecular complexity index is 610. The molecule has 6 nitrogen and oxygen atoms in total. The summed E-state index contributed by atoms with van der Waals surface area (Å²) in [5.74, 6) is 0.784. The maximum Gasteiger partial charge on any atom is 0.275 e. The number of nitrogens with zero attached hydrogens (tertiary/aromatic N) is 3. The van der Waals surface area contributed by atoms with Crippen LogP contribution in [0.25, 0.3) is 11.3 Å². The van der Waals surface area contributed by atoms with Crippen LogP contribution in [0.3, 0.4) is 0 Å². The van der Waals surface area contributed by atoms with E-state index in [4.69, 9.17) is 10.3 Å². The fourth-order valence-corrected chi connectivity index (χ4v) is 2.00. The average molecular weight is 302 g/mol. The molecule has 6 heteroatoms. The Morgan fingerprint density at radius 2 is 2.05 bits per heavy atom. The van der Waals surface area contributed by atoms with E-state index in [1.165, 1.54) is 0 Å². The zero-order valence-electron chi connectivity index (χ0n) is 13.2. The summed E-state index contributed by atoms with van der Waals surface area (Å²) >= 11 is 0. The summed E-state index contributed by atoms with van der Waals surface area (Å²) in [4.78, 5) is 17.9. The first-order valence-electron chi connectivity index (χ1n) is 7.37. The molecule has 0 aliphatic carbocycles. The molecule has 0 saturated heterocycles. The fourth-order valence-electron chi connectivity index (χ4n) is 2.00. The van der Waals surface area contributed by atoms with Gasteiger partial charge in [-0.1, -0.05) is 19.0 Å². The molecule has 22 heavy (non-hydrogen) atoms. The van der Waals surface area contributed by atoms with Crippen molar-refractivity contribution < 1.29 is 9.32 Å². The van der Waals surface area contributed by atoms with E-state index in [2.05, 4.69) is 24.0 Å². The molecule has 0 aliphatic rings. The lowest BCUT2D eigenvalue weighted by atomic mass is 10.0. The smallest absolute Gasteiger partial charge is 0.275 e. The number of hydrogen-bond acceptors (Lipinski definition) is 5. The van der Waals surface area contributed by atoms with Crippen LogP contribution < -0.4 is 5.73 Å². The maximum atomic E-state index is 12.3. The molecule has 1 atom stereocenters. The van der Waals surface area contributed by atoms with Gasteiger partial charge in [0.25, 0.3) is 5.91 Å². The van der Waals surface area contributed by atoms with E-state index in [-0.39, 0.29) is 11.9 Å². The van der Waals surface area contributed by atoms with Gasteiger partial charge in [0.1, 0.15) is 0 Å². The SMILES string of the molecule is CC(C)C(N)CCN(C)C(=O)c1cc(-c2ccncc2)on1. The summed E-state index contributed by atoms with van der Waals surface area (Å²) in [6.45, 7) is 4.74. The molecule has 2 aromatic heterocycles. The molecule has 0 fully saturated rings. The number of amides is 1. The highest BCUT2D eigenvalue weighted by Gasteiger charge is 2.18. The summed E-state index contributed by atoms with van der Waals surface area (Å²) < 4.78 is 5.24. The molecular formula is C16H22N4O2. The molecule has 2 N–H and O–H groups in total. The predicted octanol–water partition coefficient (Wildman–Crippen LogP) is 2.18. The third-order valence-corrected chi connectivity index (χ3v) is 3.69. The van der Waals surface area contributed by atoms with Crippen molar-refractivity contribution in [1.29, 1.82) is 0 Å². The highest BCUT2D eigenvalue weighted by molar-refractivity contribution is 5.92. The molecular weight excluding hydrogens is 280 g/mol. The van der Waals surface area contributed by atoms with Gasteiger partial charge in [-0.3, -0.25) is 9.78 Å². The second-order valence-electron chi connectivity index (χ2n) is 5.74. The second kappa shape index (κ2) is 7.17. The minimum absolute atomic E-state index is 0.0833. The molecule has 0 spiro atoms. The summed E-state index contributed by atoms with van der Waals surface area (Å²) in [6.07, 6.45) is 4.09. The topological polar surface area (TPSA) is 85.2 Å². The van der Waals surface area contributed by atoms with Crippen LogP contribution in [0.15, 0.2) is 35.1 Å². The van der Waals surface area contributed by atoms with Gasteiger partial charge in [0.2, 0.25) is 0 Å². The van der Waals surface area contributed by atoms with E-state index >= 15 is 0 Å². The van der Waals surface area contributed by atoms with Crippen molar-refractivity contribution in [3.05, 3.63) is 36.3 Å². The first kappa shape index (κ1) is 16.2. The van der Waals surface area contributed by atoms with Crippen molar-refractivity contribution in [2.45, 2.75) is 26.3 Å². The van der Waals surface area contributed by atoms with Gasteiger partial charge in [-0.25, -0.2) is 0 Å². The van der Waals surface area contributed by atoms with E-state index in [1.54, 1.807) is 42.5 Å². The minimum atomic E-state index is -0.167. The van der Waals surface area contributed by atoms with E-state index in [0.717, 1.165) is 12.0 Å². The summed E-state index contributed by atoms with van der Waals surface area (Å²) in [5, 5.41) is 3.86. The Kier molecular flexibility index (Phi) is 5.27. The number of pyridine rings is 1. The first-order valence-corrected chi connectivity index (χ1v) is 7.37. The van der Waals surface area contributed by atoms with Gasteiger partial charge in [-0.05, 0) is 24.5 Å². The van der Waals surface area contributed by atoms with E-state index < -0.39 is 0 Å². The van der Waals surface area contributed by atoms with Crippen molar-refractivity contribution >= 4 is 5.91 Å². The predicted molar refractivity (Wildman–Crippen MR) is 84.1 cm³/mol. The Hall–Kier alpha value is -2.21. The second-order valence-corrected chi connectivity index (χ2v) is 5.74. The molecule has 1 unspecified atom stereocenters. The van der Waals surface area contributed by atoms with Gasteiger partial charge in [-0.15, -0.1) is 0 Å². The fraction of sp³-hybridized carbons (Fsp3) is 0.438. The number of nitrogens with two attached hydrogens (primary N) is 1. The van der Waals surface area contributed by atoms with Crippen LogP contribution in [0.4, 0.5) is 0 Å². The van der Waals surface area contributed by atoms with Crippen LogP contribution in [0.2, 0.25) is 0 Å². The van der Waals surface area contributed by atoms with Gasteiger partial charge >= 0.3 is 0 Å². The third kappa shape index (κ3) is 3.92. The van der Waals surface area contributed by atoms with Crippen molar-refractivity contribution in [2.24, 2.45) is 11.7 Å². The zero-order chi connectivity index (χ0) is 16.1. The van der Waals surface area contributed by atoms with Crippen molar-refractivity contribution in [2.75, 3.05) is 13.6 Å². The standard InChI is InChI=1S/C16H22N4O2/c1-11(2)13(17)6-9-20(3)16(21)14-10-15(22-19-14)12-4-7-18-8-5-12/h4-5,7-8,10-11,13H,6,9,17H2,1-3H3. The molecule has 1 amide bonds. The van der Waals surface area contributed by atoms with Crippen LogP contribution >= 0.6 is 0 Å². The Labute approximate surface area is 130 Å². The average Bonchev–Trinajstić information content (AvgIpc) is 3.02. The highest BCUT2D eigenvalue weighted by Crippen LogP contribution is 2.19. The van der Waals surface area contributed by atoms with Gasteiger partial charge in [0.15, 0.2) is 11.5 Å². The Balaban J connectivity index is 2.00. The number of carbonyl (C=O) groups excluding carboxylic acids is 1. The molecule has 0 aromatic carbocycles. The maximum absolute atomic E-state index is 12.3. The van der Waals surface area contributed by atoms with Crippen LogP contribution in [-0.4, -0.2) is 40.6 Å². The van der Waals surface area contributed by atoms with Crippen LogP contribution in [0.1, 0.15) is 30.8 Å². The Morgan fingerprint density at radius 1 is 1.36 bits per heavy atom. The van der Waals surface area contributed by atoms with E-state index in [9.17, 15) is 4.79 Å². The number of rotatable bonds is 6. The molecule has 2 rings (SSSR count). The molecule has 0 aliphatic heterocycles. The number of aromatic nitrogens is 2. The Morgan fingerprint density at radius 3 is 2.68 bits per heavy atom. The molecule has 2 aromatic rings. The monoisotopic (exact) mass is 302 g/mol. The van der Waals surface area contributed by atoms with E-state index in [1.807, 2.05) is 0 Å². The quantitative estimate of drug-likeness (QED) is 0.884. The van der Waals surface area contributed by atoms with Crippen molar-refractivity contribution in [3.63, 3.8) is 0 Å². The highest BCUT2D eigenvalue weighted by atomic mass is 16.5. The summed E-state index contributed by atoms with van der Waals surface area (Å²) in [5.41, 5.74) is 7.14. The molecule has 0 radical (unpaired) electrons. The number of hydrogen-bond donors (Lipinski definition) is 1. The van der Waals surface area contributed by atoms with Gasteiger partial charge in [0.05, 0.1) is 0 Å². The van der Waals surface area contributed by atoms with Crippen molar-refractivity contribution in [1.82, 2.24) is 15.0 Å². The number of carbonyl (C=O) groups is 1. The van der Waals surface area contributed by atoms with Crippen LogP contribution in [0.5, 0.6) is 0 Å². The van der Waals surface area contributed by atoms with Crippen LogP contribution in [0, 0.1) is 5.92 Å². The summed E-state index contributed by atoms with van der Waals surface area (Å²) in [6, 6.07) is 5.34. The lowest BCUT2D eigenvalue weighted by Crippen LogP contribution is -2.34. The largest absolute Gasteiger partial charge is 0.355 e. The van der Waals surface area contributed by atoms with Gasteiger partial charge < -0.3 is 15.2 Å². The molecule has 118 valence electrons. The lowest BCUT2D eigenvalue weighted by molar-refractivity contribution is 0.0779. The van der Waals surface area contributed by atoms with Crippen LogP contribution in [-0.2, 0) is 0 Å². The van der Waals surface area contributed by atoms with Gasteiger partial charge in [0, 0.05) is 43.7 Å². The first-order chi connectivity index (χ1) is 10.5. The van der Waals surface area contributed by atoms with Crippen molar-refractivity contribution in [3.8, 4) is 11.3 Å². The molecule has 0 bridgehead atoms. The zero-order valence-corrected chi connectivity index (χ0v) is 13.2. The lowest BCUT2D eigenvalue weighted by Gasteiger charge is -2.20. The van der Waals surface area contributed by atoms with E-state index in [0.29, 0.717) is 23.9 Å². The molecule has 0 saturated carbocycles. The molecule has 2 heterocycles. The normalized spacial score (nSPS) is 12.4.